The smallest absolute Gasteiger partial charge is 0.134 e. The number of ketones is 1. The normalized spacial score (nSPS) is 10.1. The van der Waals surface area contributed by atoms with Gasteiger partial charge in [0.15, 0.2) is 0 Å². The fourth-order valence-electron chi connectivity index (χ4n) is 1.37. The van der Waals surface area contributed by atoms with Gasteiger partial charge in [0.1, 0.15) is 5.78 Å². The van der Waals surface area contributed by atoms with Gasteiger partial charge in [-0.05, 0) is 36.6 Å². The zero-order valence-corrected chi connectivity index (χ0v) is 9.52. The Balaban J connectivity index is 3.01. The SMILES string of the molecule is CCc1ccc(Br)cc1CC(C)=O. The van der Waals surface area contributed by atoms with Crippen LogP contribution in [0.5, 0.6) is 0 Å². The summed E-state index contributed by atoms with van der Waals surface area (Å²) in [7, 11) is 0. The molecule has 0 spiro atoms. The molecule has 0 bridgehead atoms. The molecule has 13 heavy (non-hydrogen) atoms. The first-order chi connectivity index (χ1) is 6.13. The van der Waals surface area contributed by atoms with E-state index >= 15 is 0 Å². The van der Waals surface area contributed by atoms with Gasteiger partial charge >= 0.3 is 0 Å². The predicted molar refractivity (Wildman–Crippen MR) is 57.9 cm³/mol. The van der Waals surface area contributed by atoms with Gasteiger partial charge in [-0.15, -0.1) is 0 Å². The molecule has 0 unspecified atom stereocenters. The Morgan fingerprint density at radius 1 is 1.38 bits per heavy atom. The van der Waals surface area contributed by atoms with Gasteiger partial charge in [0, 0.05) is 10.9 Å². The highest BCUT2D eigenvalue weighted by Gasteiger charge is 2.03. The monoisotopic (exact) mass is 240 g/mol. The summed E-state index contributed by atoms with van der Waals surface area (Å²) in [4.78, 5) is 11.0. The number of carbonyl (C=O) groups excluding carboxylic acids is 1. The molecule has 0 heterocycles. The van der Waals surface area contributed by atoms with Crippen molar-refractivity contribution in [2.75, 3.05) is 0 Å². The van der Waals surface area contributed by atoms with Crippen LogP contribution in [-0.2, 0) is 17.6 Å². The lowest BCUT2D eigenvalue weighted by Gasteiger charge is -2.06. The highest BCUT2D eigenvalue weighted by atomic mass is 79.9. The van der Waals surface area contributed by atoms with Crippen LogP contribution in [0.15, 0.2) is 22.7 Å². The average Bonchev–Trinajstić information content (AvgIpc) is 2.03. The molecule has 0 radical (unpaired) electrons. The molecule has 0 aliphatic rings. The zero-order chi connectivity index (χ0) is 9.84. The van der Waals surface area contributed by atoms with Crippen LogP contribution in [0.25, 0.3) is 0 Å². The van der Waals surface area contributed by atoms with Crippen molar-refractivity contribution < 1.29 is 4.79 Å². The van der Waals surface area contributed by atoms with Gasteiger partial charge in [0.2, 0.25) is 0 Å². The maximum absolute atomic E-state index is 11.0. The summed E-state index contributed by atoms with van der Waals surface area (Å²) in [5.74, 6) is 0.216. The van der Waals surface area contributed by atoms with Crippen LogP contribution < -0.4 is 0 Å². The summed E-state index contributed by atoms with van der Waals surface area (Å²) in [6, 6.07) is 6.12. The molecule has 1 aromatic rings. The van der Waals surface area contributed by atoms with E-state index in [1.807, 2.05) is 12.1 Å². The van der Waals surface area contributed by atoms with E-state index in [-0.39, 0.29) is 5.78 Å². The van der Waals surface area contributed by atoms with Crippen molar-refractivity contribution in [2.45, 2.75) is 26.7 Å². The highest BCUT2D eigenvalue weighted by Crippen LogP contribution is 2.17. The third kappa shape index (κ3) is 2.96. The Labute approximate surface area is 87.3 Å². The largest absolute Gasteiger partial charge is 0.300 e. The van der Waals surface area contributed by atoms with Gasteiger partial charge in [-0.25, -0.2) is 0 Å². The van der Waals surface area contributed by atoms with Crippen molar-refractivity contribution >= 4 is 21.7 Å². The van der Waals surface area contributed by atoms with Crippen LogP contribution in [0.1, 0.15) is 25.0 Å². The highest BCUT2D eigenvalue weighted by molar-refractivity contribution is 9.10. The number of hydrogen-bond acceptors (Lipinski definition) is 1. The molecule has 0 fully saturated rings. The van der Waals surface area contributed by atoms with E-state index in [0.29, 0.717) is 6.42 Å². The lowest BCUT2D eigenvalue weighted by molar-refractivity contribution is -0.116. The molecule has 0 saturated carbocycles. The van der Waals surface area contributed by atoms with Crippen LogP contribution in [0.2, 0.25) is 0 Å². The van der Waals surface area contributed by atoms with Crippen molar-refractivity contribution in [3.05, 3.63) is 33.8 Å². The first-order valence-corrected chi connectivity index (χ1v) is 5.19. The van der Waals surface area contributed by atoms with E-state index in [0.717, 1.165) is 16.5 Å². The van der Waals surface area contributed by atoms with Crippen LogP contribution >= 0.6 is 15.9 Å². The van der Waals surface area contributed by atoms with Gasteiger partial charge in [-0.1, -0.05) is 28.9 Å². The summed E-state index contributed by atoms with van der Waals surface area (Å²) in [5.41, 5.74) is 2.41. The van der Waals surface area contributed by atoms with E-state index in [1.165, 1.54) is 5.56 Å². The molecular formula is C11H13BrO. The standard InChI is InChI=1S/C11H13BrO/c1-3-9-4-5-11(12)7-10(9)6-8(2)13/h4-5,7H,3,6H2,1-2H3. The minimum absolute atomic E-state index is 0.216. The second kappa shape index (κ2) is 4.56. The van der Waals surface area contributed by atoms with E-state index in [4.69, 9.17) is 0 Å². The molecule has 1 aromatic carbocycles. The number of Topliss-reactive ketones (excluding diaryl/α,β-unsaturated/α-hetero) is 1. The summed E-state index contributed by atoms with van der Waals surface area (Å²) in [5, 5.41) is 0. The molecule has 0 aromatic heterocycles. The molecule has 1 nitrogen and oxygen atoms in total. The molecule has 2 heteroatoms. The molecule has 0 aliphatic heterocycles. The van der Waals surface area contributed by atoms with Crippen molar-refractivity contribution in [1.82, 2.24) is 0 Å². The lowest BCUT2D eigenvalue weighted by atomic mass is 10.0. The topological polar surface area (TPSA) is 17.1 Å². The number of aryl methyl sites for hydroxylation is 1. The van der Waals surface area contributed by atoms with E-state index in [2.05, 4.69) is 28.9 Å². The second-order valence-corrected chi connectivity index (χ2v) is 4.06. The summed E-state index contributed by atoms with van der Waals surface area (Å²) >= 11 is 3.40. The maximum Gasteiger partial charge on any atom is 0.134 e. The van der Waals surface area contributed by atoms with E-state index < -0.39 is 0 Å². The van der Waals surface area contributed by atoms with Gasteiger partial charge in [0.05, 0.1) is 0 Å². The first kappa shape index (κ1) is 10.5. The Morgan fingerprint density at radius 2 is 2.08 bits per heavy atom. The Morgan fingerprint density at radius 3 is 2.62 bits per heavy atom. The molecule has 70 valence electrons. The fraction of sp³-hybridized carbons (Fsp3) is 0.364. The van der Waals surface area contributed by atoms with Crippen LogP contribution in [-0.4, -0.2) is 5.78 Å². The van der Waals surface area contributed by atoms with Gasteiger partial charge < -0.3 is 0 Å². The van der Waals surface area contributed by atoms with E-state index in [1.54, 1.807) is 6.92 Å². The van der Waals surface area contributed by atoms with Crippen molar-refractivity contribution in [2.24, 2.45) is 0 Å². The van der Waals surface area contributed by atoms with Crippen LogP contribution in [0, 0.1) is 0 Å². The molecule has 0 atom stereocenters. The molecule has 1 rings (SSSR count). The summed E-state index contributed by atoms with van der Waals surface area (Å²) in [6.07, 6.45) is 1.53. The molecular weight excluding hydrogens is 228 g/mol. The molecule has 0 amide bonds. The van der Waals surface area contributed by atoms with E-state index in [9.17, 15) is 4.79 Å². The molecule has 0 saturated heterocycles. The minimum atomic E-state index is 0.216. The van der Waals surface area contributed by atoms with Crippen LogP contribution in [0.3, 0.4) is 0 Å². The van der Waals surface area contributed by atoms with Crippen molar-refractivity contribution in [3.63, 3.8) is 0 Å². The average molecular weight is 241 g/mol. The van der Waals surface area contributed by atoms with Gasteiger partial charge in [-0.3, -0.25) is 4.79 Å². The van der Waals surface area contributed by atoms with Gasteiger partial charge in [-0.2, -0.15) is 0 Å². The number of halogens is 1. The Kier molecular flexibility index (Phi) is 3.67. The number of benzene rings is 1. The third-order valence-electron chi connectivity index (χ3n) is 1.99. The summed E-state index contributed by atoms with van der Waals surface area (Å²) < 4.78 is 1.04. The van der Waals surface area contributed by atoms with Crippen molar-refractivity contribution in [3.8, 4) is 0 Å². The predicted octanol–water partition coefficient (Wildman–Crippen LogP) is 3.14. The fourth-order valence-corrected chi connectivity index (χ4v) is 1.78. The van der Waals surface area contributed by atoms with Gasteiger partial charge in [0.25, 0.3) is 0 Å². The molecule has 0 aliphatic carbocycles. The number of carbonyl (C=O) groups is 1. The number of rotatable bonds is 3. The Bertz CT molecular complexity index is 318. The molecule has 0 N–H and O–H groups in total. The maximum atomic E-state index is 11.0. The second-order valence-electron chi connectivity index (χ2n) is 3.15. The summed E-state index contributed by atoms with van der Waals surface area (Å²) in [6.45, 7) is 3.73. The van der Waals surface area contributed by atoms with Crippen molar-refractivity contribution in [1.29, 1.82) is 0 Å². The van der Waals surface area contributed by atoms with Crippen LogP contribution in [0.4, 0.5) is 0 Å². The number of hydrogen-bond donors (Lipinski definition) is 0. The zero-order valence-electron chi connectivity index (χ0n) is 7.93. The quantitative estimate of drug-likeness (QED) is 0.794. The lowest BCUT2D eigenvalue weighted by Crippen LogP contribution is -2.00. The third-order valence-corrected chi connectivity index (χ3v) is 2.48. The first-order valence-electron chi connectivity index (χ1n) is 4.40. The Hall–Kier alpha value is -0.630. The minimum Gasteiger partial charge on any atom is -0.300 e.